The van der Waals surface area contributed by atoms with Crippen LogP contribution >= 0.6 is 0 Å². The fraction of sp³-hybridized carbons (Fsp3) is 0.417. The molecule has 1 amide bonds. The van der Waals surface area contributed by atoms with Crippen molar-refractivity contribution in [3.63, 3.8) is 0 Å². The Hall–Kier alpha value is -3.07. The van der Waals surface area contributed by atoms with E-state index < -0.39 is 12.8 Å². The van der Waals surface area contributed by atoms with Gasteiger partial charge in [0.1, 0.15) is 5.69 Å². The van der Waals surface area contributed by atoms with E-state index in [1.54, 1.807) is 0 Å². The molecule has 0 spiro atoms. The van der Waals surface area contributed by atoms with Crippen LogP contribution in [0.1, 0.15) is 34.6 Å². The minimum Gasteiger partial charge on any atom is -0.468 e. The van der Waals surface area contributed by atoms with Gasteiger partial charge in [-0.25, -0.2) is 4.98 Å². The summed E-state index contributed by atoms with van der Waals surface area (Å²) in [5.41, 5.74) is 3.37. The Balaban J connectivity index is 1.18. The van der Waals surface area contributed by atoms with Gasteiger partial charge < -0.3 is 19.9 Å². The molecule has 0 radical (unpaired) electrons. The van der Waals surface area contributed by atoms with Gasteiger partial charge in [-0.3, -0.25) is 4.79 Å². The Morgan fingerprint density at radius 1 is 1.12 bits per heavy atom. The maximum absolute atomic E-state index is 12.4. The normalized spacial score (nSPS) is 14.6. The number of fused-ring (bicyclic) bond motifs is 2. The van der Waals surface area contributed by atoms with Crippen molar-refractivity contribution in [3.05, 3.63) is 59.4 Å². The van der Waals surface area contributed by atoms with Gasteiger partial charge in [0, 0.05) is 48.7 Å². The lowest BCUT2D eigenvalue weighted by atomic mass is 10.1. The van der Waals surface area contributed by atoms with Crippen LogP contribution in [0.25, 0.3) is 10.9 Å². The van der Waals surface area contributed by atoms with Gasteiger partial charge in [0.25, 0.3) is 5.91 Å². The number of alkyl halides is 3. The second-order valence-corrected chi connectivity index (χ2v) is 8.23. The minimum absolute atomic E-state index is 0.0187. The largest absolute Gasteiger partial charge is 0.468 e. The minimum atomic E-state index is -4.37. The summed E-state index contributed by atoms with van der Waals surface area (Å²) < 4.78 is 41.9. The topological polar surface area (TPSA) is 70.2 Å². The van der Waals surface area contributed by atoms with Gasteiger partial charge in [-0.2, -0.15) is 13.2 Å². The lowest BCUT2D eigenvalue weighted by molar-refractivity contribution is -0.154. The van der Waals surface area contributed by atoms with E-state index in [9.17, 15) is 18.0 Å². The predicted octanol–water partition coefficient (Wildman–Crippen LogP) is 4.11. The molecule has 0 fully saturated rings. The van der Waals surface area contributed by atoms with Crippen LogP contribution in [-0.2, 0) is 12.8 Å². The molecule has 2 aromatic heterocycles. The van der Waals surface area contributed by atoms with E-state index in [2.05, 4.69) is 20.2 Å². The summed E-state index contributed by atoms with van der Waals surface area (Å²) in [7, 11) is 0. The molecule has 176 valence electrons. The Kier molecular flexibility index (Phi) is 7.17. The first-order valence-corrected chi connectivity index (χ1v) is 11.1. The van der Waals surface area contributed by atoms with Crippen LogP contribution < -0.4 is 10.1 Å². The summed E-state index contributed by atoms with van der Waals surface area (Å²) in [6.07, 6.45) is -1.09. The molecule has 6 nitrogen and oxygen atoms in total. The van der Waals surface area contributed by atoms with Crippen molar-refractivity contribution in [2.75, 3.05) is 32.8 Å². The maximum Gasteiger partial charge on any atom is 0.422 e. The van der Waals surface area contributed by atoms with E-state index in [1.165, 1.54) is 6.07 Å². The number of rotatable bonds is 8. The molecule has 1 aromatic carbocycles. The third-order valence-corrected chi connectivity index (χ3v) is 5.75. The van der Waals surface area contributed by atoms with Crippen LogP contribution in [0.4, 0.5) is 13.2 Å². The zero-order valence-corrected chi connectivity index (χ0v) is 18.3. The van der Waals surface area contributed by atoms with Crippen LogP contribution in [0.2, 0.25) is 0 Å². The highest BCUT2D eigenvalue weighted by molar-refractivity contribution is 5.97. The highest BCUT2D eigenvalue weighted by atomic mass is 19.4. The van der Waals surface area contributed by atoms with E-state index in [-0.39, 0.29) is 11.8 Å². The number of amides is 1. The number of hydrogen-bond acceptors (Lipinski definition) is 4. The Bertz CT molecular complexity index is 1060. The number of aromatic nitrogens is 2. The van der Waals surface area contributed by atoms with E-state index >= 15 is 0 Å². The lowest BCUT2D eigenvalue weighted by Crippen LogP contribution is -2.29. The van der Waals surface area contributed by atoms with Crippen molar-refractivity contribution in [1.29, 1.82) is 0 Å². The Labute approximate surface area is 190 Å². The van der Waals surface area contributed by atoms with Crippen LogP contribution in [-0.4, -0.2) is 59.7 Å². The average Bonchev–Trinajstić information content (AvgIpc) is 3.13. The number of nitrogens with one attached hydrogen (secondary N) is 2. The van der Waals surface area contributed by atoms with E-state index in [0.29, 0.717) is 18.7 Å². The lowest BCUT2D eigenvalue weighted by Gasteiger charge is -2.19. The zero-order chi connectivity index (χ0) is 23.3. The van der Waals surface area contributed by atoms with Gasteiger partial charge in [0.05, 0.1) is 0 Å². The van der Waals surface area contributed by atoms with Crippen molar-refractivity contribution in [2.45, 2.75) is 31.9 Å². The van der Waals surface area contributed by atoms with E-state index in [1.807, 2.05) is 36.4 Å². The monoisotopic (exact) mass is 460 g/mol. The number of benzene rings is 1. The molecule has 3 aromatic rings. The smallest absolute Gasteiger partial charge is 0.422 e. The van der Waals surface area contributed by atoms with Gasteiger partial charge in [-0.15, -0.1) is 0 Å². The molecule has 2 N–H and O–H groups in total. The molecule has 1 aliphatic heterocycles. The third-order valence-electron chi connectivity index (χ3n) is 5.75. The summed E-state index contributed by atoms with van der Waals surface area (Å²) in [5.74, 6) is -0.0868. The van der Waals surface area contributed by atoms with Crippen molar-refractivity contribution < 1.29 is 22.7 Å². The molecular weight excluding hydrogens is 433 g/mol. The molecular formula is C24H27F3N4O2. The van der Waals surface area contributed by atoms with Crippen molar-refractivity contribution in [3.8, 4) is 5.88 Å². The van der Waals surface area contributed by atoms with Gasteiger partial charge in [-0.1, -0.05) is 24.3 Å². The molecule has 1 aliphatic rings. The second-order valence-electron chi connectivity index (χ2n) is 8.23. The number of para-hydroxylation sites is 1. The number of ether oxygens (including phenoxy) is 1. The summed E-state index contributed by atoms with van der Waals surface area (Å²) in [4.78, 5) is 22.1. The summed E-state index contributed by atoms with van der Waals surface area (Å²) >= 11 is 0. The first-order valence-electron chi connectivity index (χ1n) is 11.1. The fourth-order valence-corrected chi connectivity index (χ4v) is 4.02. The standard InChI is InChI=1S/C24H27F3N4O2/c25-24(26,27)16-33-22-8-7-17-9-13-31(14-10-20(17)30-22)12-4-3-11-28-23(32)21-15-18-5-1-2-6-19(18)29-21/h1-2,5-8,15,29H,3-4,9-14,16H2,(H,28,32). The number of aromatic amines is 1. The molecule has 33 heavy (non-hydrogen) atoms. The molecule has 0 aliphatic carbocycles. The summed E-state index contributed by atoms with van der Waals surface area (Å²) in [5, 5.41) is 3.97. The van der Waals surface area contributed by atoms with Gasteiger partial charge in [-0.05, 0) is 43.5 Å². The number of hydrogen-bond donors (Lipinski definition) is 2. The highest BCUT2D eigenvalue weighted by Crippen LogP contribution is 2.21. The second kappa shape index (κ2) is 10.2. The Morgan fingerprint density at radius 2 is 1.94 bits per heavy atom. The molecule has 0 saturated heterocycles. The quantitative estimate of drug-likeness (QED) is 0.497. The van der Waals surface area contributed by atoms with Gasteiger partial charge in [0.2, 0.25) is 5.88 Å². The molecule has 9 heteroatoms. The van der Waals surface area contributed by atoms with Crippen LogP contribution in [0.5, 0.6) is 5.88 Å². The highest BCUT2D eigenvalue weighted by Gasteiger charge is 2.29. The number of carbonyl (C=O) groups is 1. The number of unbranched alkanes of at least 4 members (excludes halogenated alkanes) is 1. The number of carbonyl (C=O) groups excluding carboxylic acids is 1. The van der Waals surface area contributed by atoms with Crippen molar-refractivity contribution in [2.24, 2.45) is 0 Å². The Morgan fingerprint density at radius 3 is 2.76 bits per heavy atom. The number of H-pyrrole nitrogens is 1. The number of nitrogens with zero attached hydrogens (tertiary/aromatic N) is 2. The van der Waals surface area contributed by atoms with Crippen LogP contribution in [0.15, 0.2) is 42.5 Å². The molecule has 4 rings (SSSR count). The van der Waals surface area contributed by atoms with E-state index in [4.69, 9.17) is 4.74 Å². The SMILES string of the molecule is O=C(NCCCCN1CCc2ccc(OCC(F)(F)F)nc2CC1)c1cc2ccccc2[nH]1. The molecule has 0 atom stereocenters. The first-order chi connectivity index (χ1) is 15.9. The van der Waals surface area contributed by atoms with E-state index in [0.717, 1.165) is 61.1 Å². The maximum atomic E-state index is 12.4. The first kappa shape index (κ1) is 23.1. The van der Waals surface area contributed by atoms with Crippen molar-refractivity contribution >= 4 is 16.8 Å². The summed E-state index contributed by atoms with van der Waals surface area (Å²) in [6.45, 7) is 1.84. The van der Waals surface area contributed by atoms with Crippen LogP contribution in [0, 0.1) is 0 Å². The summed E-state index contributed by atoms with van der Waals surface area (Å²) in [6, 6.07) is 13.0. The van der Waals surface area contributed by atoms with Crippen LogP contribution in [0.3, 0.4) is 0 Å². The molecule has 0 saturated carbocycles. The van der Waals surface area contributed by atoms with Crippen molar-refractivity contribution in [1.82, 2.24) is 20.2 Å². The average molecular weight is 461 g/mol. The number of pyridine rings is 1. The molecule has 0 bridgehead atoms. The molecule has 0 unspecified atom stereocenters. The zero-order valence-electron chi connectivity index (χ0n) is 18.3. The van der Waals surface area contributed by atoms with Gasteiger partial charge in [0.15, 0.2) is 6.61 Å². The van der Waals surface area contributed by atoms with Gasteiger partial charge >= 0.3 is 6.18 Å². The third kappa shape index (κ3) is 6.47. The number of halogens is 3. The molecule has 3 heterocycles. The predicted molar refractivity (Wildman–Crippen MR) is 120 cm³/mol. The fourth-order valence-electron chi connectivity index (χ4n) is 4.02.